The van der Waals surface area contributed by atoms with E-state index in [1.54, 1.807) is 0 Å². The maximum atomic E-state index is 13.6. The zero-order valence-corrected chi connectivity index (χ0v) is 15.8. The van der Waals surface area contributed by atoms with Gasteiger partial charge in [-0.05, 0) is 24.0 Å². The summed E-state index contributed by atoms with van der Waals surface area (Å²) in [6, 6.07) is 19.3. The molecule has 1 saturated heterocycles. The monoisotopic (exact) mass is 365 g/mol. The number of amides is 1. The van der Waals surface area contributed by atoms with Crippen molar-refractivity contribution in [1.29, 1.82) is 0 Å². The van der Waals surface area contributed by atoms with Crippen molar-refractivity contribution in [3.8, 4) is 0 Å². The van der Waals surface area contributed by atoms with Crippen molar-refractivity contribution >= 4 is 11.7 Å². The molecule has 2 aromatic carbocycles. The fourth-order valence-corrected chi connectivity index (χ4v) is 3.99. The average Bonchev–Trinajstić information content (AvgIpc) is 2.71. The molecule has 1 N–H and O–H groups in total. The first-order chi connectivity index (χ1) is 13.1. The molecule has 0 bridgehead atoms. The number of ketones is 1. The lowest BCUT2D eigenvalue weighted by Gasteiger charge is -2.45. The second-order valence-corrected chi connectivity index (χ2v) is 7.25. The summed E-state index contributed by atoms with van der Waals surface area (Å²) < 4.78 is 0. The molecule has 0 aromatic heterocycles. The van der Waals surface area contributed by atoms with Gasteiger partial charge < -0.3 is 10.0 Å². The smallest absolute Gasteiger partial charge is 0.236 e. The van der Waals surface area contributed by atoms with Crippen molar-refractivity contribution in [2.75, 3.05) is 6.54 Å². The van der Waals surface area contributed by atoms with E-state index in [4.69, 9.17) is 0 Å². The maximum Gasteiger partial charge on any atom is 0.236 e. The Hall–Kier alpha value is -2.46. The summed E-state index contributed by atoms with van der Waals surface area (Å²) in [4.78, 5) is 27.5. The molecule has 27 heavy (non-hydrogen) atoms. The zero-order valence-electron chi connectivity index (χ0n) is 15.8. The molecule has 3 rings (SSSR count). The Labute approximate surface area is 160 Å². The highest BCUT2D eigenvalue weighted by Crippen LogP contribution is 2.40. The Morgan fingerprint density at radius 1 is 1.11 bits per heavy atom. The highest BCUT2D eigenvalue weighted by Gasteiger charge is 2.51. The molecule has 4 heteroatoms. The van der Waals surface area contributed by atoms with E-state index in [0.29, 0.717) is 38.8 Å². The number of benzene rings is 2. The quantitative estimate of drug-likeness (QED) is 0.817. The van der Waals surface area contributed by atoms with Crippen molar-refractivity contribution < 1.29 is 14.7 Å². The van der Waals surface area contributed by atoms with Gasteiger partial charge in [0.25, 0.3) is 0 Å². The number of rotatable bonds is 7. The number of carbonyl (C=O) groups excluding carboxylic acids is 2. The fraction of sp³-hybridized carbons (Fsp3) is 0.391. The third kappa shape index (κ3) is 3.96. The van der Waals surface area contributed by atoms with Gasteiger partial charge >= 0.3 is 0 Å². The van der Waals surface area contributed by atoms with E-state index in [1.165, 1.54) is 0 Å². The van der Waals surface area contributed by atoms with E-state index in [1.807, 2.05) is 72.5 Å². The van der Waals surface area contributed by atoms with Crippen LogP contribution in [0.2, 0.25) is 0 Å². The van der Waals surface area contributed by atoms with Gasteiger partial charge in [0.2, 0.25) is 5.91 Å². The van der Waals surface area contributed by atoms with Crippen LogP contribution in [0.4, 0.5) is 0 Å². The molecular formula is C23H27NO3. The predicted octanol–water partition coefficient (Wildman–Crippen LogP) is 3.48. The van der Waals surface area contributed by atoms with Gasteiger partial charge in [-0.1, -0.05) is 67.6 Å². The molecule has 2 unspecified atom stereocenters. The van der Waals surface area contributed by atoms with E-state index in [-0.39, 0.29) is 11.7 Å². The number of piperidine rings is 1. The minimum absolute atomic E-state index is 0.0831. The van der Waals surface area contributed by atoms with Gasteiger partial charge in [-0.25, -0.2) is 0 Å². The van der Waals surface area contributed by atoms with Crippen LogP contribution in [0.25, 0.3) is 0 Å². The minimum atomic E-state index is -1.06. The molecule has 1 heterocycles. The first-order valence-corrected chi connectivity index (χ1v) is 9.66. The molecule has 2 atom stereocenters. The van der Waals surface area contributed by atoms with Crippen molar-refractivity contribution in [1.82, 2.24) is 4.90 Å². The number of aliphatic hydroxyl groups excluding tert-OH is 1. The normalized spacial score (nSPS) is 22.7. The summed E-state index contributed by atoms with van der Waals surface area (Å²) in [5.74, 6) is 0.0331. The van der Waals surface area contributed by atoms with E-state index < -0.39 is 11.5 Å². The Bertz CT molecular complexity index is 775. The standard InChI is InChI=1S/C23H27NO3/c1-2-20(25)13-15-23(19-11-7-4-8-12-19)21(26)14-16-24(22(23)27)17-18-9-5-3-6-10-18/h3-12,21,26H,2,13-17H2,1H3. The van der Waals surface area contributed by atoms with Crippen LogP contribution in [-0.2, 0) is 21.5 Å². The highest BCUT2D eigenvalue weighted by molar-refractivity contribution is 5.91. The molecule has 1 amide bonds. The molecule has 142 valence electrons. The Morgan fingerprint density at radius 3 is 2.37 bits per heavy atom. The van der Waals surface area contributed by atoms with Gasteiger partial charge in [-0.2, -0.15) is 0 Å². The molecule has 1 aliphatic heterocycles. The largest absolute Gasteiger partial charge is 0.392 e. The Balaban J connectivity index is 1.95. The molecular weight excluding hydrogens is 338 g/mol. The van der Waals surface area contributed by atoms with E-state index in [0.717, 1.165) is 11.1 Å². The van der Waals surface area contributed by atoms with Crippen LogP contribution in [0, 0.1) is 0 Å². The second-order valence-electron chi connectivity index (χ2n) is 7.25. The topological polar surface area (TPSA) is 57.6 Å². The van der Waals surface area contributed by atoms with Gasteiger partial charge in [0, 0.05) is 25.9 Å². The van der Waals surface area contributed by atoms with Crippen molar-refractivity contribution in [3.63, 3.8) is 0 Å². The first-order valence-electron chi connectivity index (χ1n) is 9.66. The molecule has 0 radical (unpaired) electrons. The van der Waals surface area contributed by atoms with E-state index >= 15 is 0 Å². The van der Waals surface area contributed by atoms with Gasteiger partial charge in [-0.15, -0.1) is 0 Å². The lowest BCUT2D eigenvalue weighted by atomic mass is 9.68. The number of hydrogen-bond donors (Lipinski definition) is 1. The van der Waals surface area contributed by atoms with Crippen LogP contribution in [-0.4, -0.2) is 34.3 Å². The lowest BCUT2D eigenvalue weighted by molar-refractivity contribution is -0.150. The van der Waals surface area contributed by atoms with Crippen molar-refractivity contribution in [2.45, 2.75) is 50.7 Å². The molecule has 2 aromatic rings. The Kier molecular flexibility index (Phi) is 6.07. The number of hydrogen-bond acceptors (Lipinski definition) is 3. The number of Topliss-reactive ketones (excluding diaryl/α,β-unsaturated/α-hetero) is 1. The van der Waals surface area contributed by atoms with Crippen LogP contribution in [0.15, 0.2) is 60.7 Å². The van der Waals surface area contributed by atoms with Gasteiger partial charge in [0.15, 0.2) is 0 Å². The SMILES string of the molecule is CCC(=O)CCC1(c2ccccc2)C(=O)N(Cc2ccccc2)CCC1O. The average molecular weight is 365 g/mol. The van der Waals surface area contributed by atoms with Crippen LogP contribution in [0.3, 0.4) is 0 Å². The molecule has 4 nitrogen and oxygen atoms in total. The second kappa shape index (κ2) is 8.49. The van der Waals surface area contributed by atoms with Gasteiger partial charge in [0.1, 0.15) is 11.2 Å². The summed E-state index contributed by atoms with van der Waals surface area (Å²) >= 11 is 0. The highest BCUT2D eigenvalue weighted by atomic mass is 16.3. The summed E-state index contributed by atoms with van der Waals surface area (Å²) in [5, 5.41) is 11.0. The zero-order chi connectivity index (χ0) is 19.3. The van der Waals surface area contributed by atoms with Crippen LogP contribution >= 0.6 is 0 Å². The van der Waals surface area contributed by atoms with Crippen LogP contribution < -0.4 is 0 Å². The van der Waals surface area contributed by atoms with Gasteiger partial charge in [-0.3, -0.25) is 9.59 Å². The van der Waals surface area contributed by atoms with Gasteiger partial charge in [0.05, 0.1) is 6.10 Å². The summed E-state index contributed by atoms with van der Waals surface area (Å²) in [5.41, 5.74) is 0.803. The Morgan fingerprint density at radius 2 is 1.74 bits per heavy atom. The number of carbonyl (C=O) groups is 2. The summed E-state index contributed by atoms with van der Waals surface area (Å²) in [7, 11) is 0. The summed E-state index contributed by atoms with van der Waals surface area (Å²) in [6.07, 6.45) is 0.808. The van der Waals surface area contributed by atoms with Crippen molar-refractivity contribution in [2.24, 2.45) is 0 Å². The first kappa shape index (κ1) is 19.3. The van der Waals surface area contributed by atoms with Crippen molar-refractivity contribution in [3.05, 3.63) is 71.8 Å². The third-order valence-corrected chi connectivity index (χ3v) is 5.61. The molecule has 0 saturated carbocycles. The third-order valence-electron chi connectivity index (χ3n) is 5.61. The number of likely N-dealkylation sites (tertiary alicyclic amines) is 1. The molecule has 0 aliphatic carbocycles. The predicted molar refractivity (Wildman–Crippen MR) is 105 cm³/mol. The maximum absolute atomic E-state index is 13.6. The number of nitrogens with zero attached hydrogens (tertiary/aromatic N) is 1. The fourth-order valence-electron chi connectivity index (χ4n) is 3.99. The molecule has 0 spiro atoms. The van der Waals surface area contributed by atoms with Crippen LogP contribution in [0.1, 0.15) is 43.7 Å². The van der Waals surface area contributed by atoms with Crippen LogP contribution in [0.5, 0.6) is 0 Å². The van der Waals surface area contributed by atoms with E-state index in [9.17, 15) is 14.7 Å². The lowest BCUT2D eigenvalue weighted by Crippen LogP contribution is -2.58. The summed E-state index contributed by atoms with van der Waals surface area (Å²) in [6.45, 7) is 2.87. The minimum Gasteiger partial charge on any atom is -0.392 e. The molecule has 1 aliphatic rings. The van der Waals surface area contributed by atoms with E-state index in [2.05, 4.69) is 0 Å². The number of aliphatic hydroxyl groups is 1. The molecule has 1 fully saturated rings.